The highest BCUT2D eigenvalue weighted by Gasteiger charge is 2.16. The van der Waals surface area contributed by atoms with Gasteiger partial charge in [0.25, 0.3) is 0 Å². The van der Waals surface area contributed by atoms with E-state index in [1.807, 2.05) is 63.2 Å². The van der Waals surface area contributed by atoms with Crippen LogP contribution < -0.4 is 5.32 Å². The number of alkyl carbamates (subject to hydrolysis) is 1. The molecule has 0 fully saturated rings. The van der Waals surface area contributed by atoms with E-state index in [2.05, 4.69) is 14.9 Å². The summed E-state index contributed by atoms with van der Waals surface area (Å²) in [7, 11) is 0. The van der Waals surface area contributed by atoms with Gasteiger partial charge >= 0.3 is 6.09 Å². The normalized spacial score (nSPS) is 11.5. The maximum Gasteiger partial charge on any atom is 0.407 e. The van der Waals surface area contributed by atoms with Gasteiger partial charge in [-0.05, 0) is 51.5 Å². The van der Waals surface area contributed by atoms with Crippen molar-refractivity contribution in [3.8, 4) is 5.69 Å². The lowest BCUT2D eigenvalue weighted by molar-refractivity contribution is 0.0527. The number of hydrogen-bond acceptors (Lipinski definition) is 4. The predicted octanol–water partition coefficient (Wildman–Crippen LogP) is 3.88. The average molecular weight is 352 g/mol. The zero-order valence-corrected chi connectivity index (χ0v) is 15.4. The van der Waals surface area contributed by atoms with Crippen LogP contribution in [0.25, 0.3) is 16.9 Å². The Bertz CT molecular complexity index is 882. The second-order valence-electron chi connectivity index (χ2n) is 7.08. The summed E-state index contributed by atoms with van der Waals surface area (Å²) in [5.41, 5.74) is 2.25. The molecule has 0 bridgehead atoms. The topological polar surface area (TPSA) is 69.0 Å². The number of rotatable bonds is 5. The van der Waals surface area contributed by atoms with Crippen LogP contribution in [-0.2, 0) is 11.2 Å². The smallest absolute Gasteiger partial charge is 0.407 e. The number of pyridine rings is 1. The van der Waals surface area contributed by atoms with Crippen LogP contribution in [0.4, 0.5) is 4.79 Å². The van der Waals surface area contributed by atoms with E-state index in [9.17, 15) is 4.79 Å². The van der Waals surface area contributed by atoms with Gasteiger partial charge in [0, 0.05) is 24.8 Å². The largest absolute Gasteiger partial charge is 0.444 e. The first-order valence-corrected chi connectivity index (χ1v) is 8.79. The molecule has 136 valence electrons. The van der Waals surface area contributed by atoms with Crippen molar-refractivity contribution in [3.63, 3.8) is 0 Å². The van der Waals surface area contributed by atoms with Gasteiger partial charge in [0.15, 0.2) is 5.65 Å². The summed E-state index contributed by atoms with van der Waals surface area (Å²) in [4.78, 5) is 20.9. The minimum atomic E-state index is -0.489. The van der Waals surface area contributed by atoms with Crippen LogP contribution in [0.2, 0.25) is 0 Å². The average Bonchev–Trinajstić information content (AvgIpc) is 2.96. The molecule has 6 heteroatoms. The zero-order valence-electron chi connectivity index (χ0n) is 15.4. The van der Waals surface area contributed by atoms with E-state index in [1.165, 1.54) is 0 Å². The molecule has 0 spiro atoms. The van der Waals surface area contributed by atoms with Crippen LogP contribution in [0, 0.1) is 0 Å². The lowest BCUT2D eigenvalue weighted by Crippen LogP contribution is -2.33. The molecule has 26 heavy (non-hydrogen) atoms. The number of fused-ring (bicyclic) bond motifs is 1. The van der Waals surface area contributed by atoms with Gasteiger partial charge in [0.2, 0.25) is 0 Å². The number of ether oxygens (including phenoxy) is 1. The summed E-state index contributed by atoms with van der Waals surface area (Å²) in [5.74, 6) is 0.927. The van der Waals surface area contributed by atoms with Gasteiger partial charge in [-0.1, -0.05) is 18.2 Å². The number of para-hydroxylation sites is 1. The van der Waals surface area contributed by atoms with Gasteiger partial charge in [0.1, 0.15) is 16.9 Å². The van der Waals surface area contributed by atoms with E-state index in [4.69, 9.17) is 9.72 Å². The molecule has 0 saturated carbocycles. The molecule has 2 heterocycles. The van der Waals surface area contributed by atoms with Crippen molar-refractivity contribution in [2.75, 3.05) is 6.54 Å². The fourth-order valence-corrected chi connectivity index (χ4v) is 2.73. The van der Waals surface area contributed by atoms with Gasteiger partial charge in [-0.3, -0.25) is 4.57 Å². The molecule has 0 saturated heterocycles. The number of nitrogens with one attached hydrogen (secondary N) is 1. The predicted molar refractivity (Wildman–Crippen MR) is 101 cm³/mol. The van der Waals surface area contributed by atoms with E-state index in [0.717, 1.165) is 35.5 Å². The van der Waals surface area contributed by atoms with Crippen LogP contribution in [-0.4, -0.2) is 32.8 Å². The Labute approximate surface area is 153 Å². The molecular formula is C20H24N4O2. The second-order valence-corrected chi connectivity index (χ2v) is 7.08. The maximum absolute atomic E-state index is 11.7. The molecule has 3 rings (SSSR count). The molecule has 0 unspecified atom stereocenters. The summed E-state index contributed by atoms with van der Waals surface area (Å²) < 4.78 is 7.32. The zero-order chi connectivity index (χ0) is 18.6. The van der Waals surface area contributed by atoms with E-state index < -0.39 is 11.7 Å². The number of aryl methyl sites for hydroxylation is 1. The van der Waals surface area contributed by atoms with Crippen molar-refractivity contribution < 1.29 is 9.53 Å². The first-order valence-electron chi connectivity index (χ1n) is 8.79. The molecule has 0 aliphatic rings. The molecule has 0 aliphatic heterocycles. The summed E-state index contributed by atoms with van der Waals surface area (Å²) in [6, 6.07) is 13.9. The van der Waals surface area contributed by atoms with Crippen molar-refractivity contribution in [3.05, 3.63) is 54.5 Å². The molecule has 1 amide bonds. The Kier molecular flexibility index (Phi) is 5.21. The van der Waals surface area contributed by atoms with Gasteiger partial charge in [-0.15, -0.1) is 0 Å². The number of imidazole rings is 1. The fraction of sp³-hybridized carbons (Fsp3) is 0.350. The summed E-state index contributed by atoms with van der Waals surface area (Å²) >= 11 is 0. The molecule has 2 aromatic heterocycles. The number of aromatic nitrogens is 3. The lowest BCUT2D eigenvalue weighted by Gasteiger charge is -2.19. The maximum atomic E-state index is 11.7. The van der Waals surface area contributed by atoms with Crippen molar-refractivity contribution in [1.29, 1.82) is 0 Å². The van der Waals surface area contributed by atoms with E-state index >= 15 is 0 Å². The molecule has 3 aromatic rings. The molecule has 0 atom stereocenters. The van der Waals surface area contributed by atoms with Crippen molar-refractivity contribution in [1.82, 2.24) is 19.9 Å². The summed E-state index contributed by atoms with van der Waals surface area (Å²) in [5, 5.41) is 2.79. The number of amides is 1. The first kappa shape index (κ1) is 17.9. The quantitative estimate of drug-likeness (QED) is 0.708. The Hall–Kier alpha value is -2.89. The lowest BCUT2D eigenvalue weighted by atomic mass is 10.2. The Morgan fingerprint density at radius 2 is 1.92 bits per heavy atom. The number of benzene rings is 1. The van der Waals surface area contributed by atoms with Crippen molar-refractivity contribution in [2.24, 2.45) is 0 Å². The third-order valence-electron chi connectivity index (χ3n) is 3.75. The van der Waals surface area contributed by atoms with Crippen LogP contribution in [0.15, 0.2) is 48.7 Å². The molecule has 6 nitrogen and oxygen atoms in total. The van der Waals surface area contributed by atoms with Crippen LogP contribution in [0.1, 0.15) is 33.0 Å². The van der Waals surface area contributed by atoms with Gasteiger partial charge < -0.3 is 10.1 Å². The number of carbonyl (C=O) groups is 1. The molecule has 1 aromatic carbocycles. The van der Waals surface area contributed by atoms with Crippen LogP contribution in [0.3, 0.4) is 0 Å². The molecular weight excluding hydrogens is 328 g/mol. The second kappa shape index (κ2) is 7.56. The van der Waals surface area contributed by atoms with E-state index in [1.54, 1.807) is 6.20 Å². The summed E-state index contributed by atoms with van der Waals surface area (Å²) in [6.07, 6.45) is 2.86. The highest BCUT2D eigenvalue weighted by molar-refractivity contribution is 5.73. The molecule has 0 radical (unpaired) electrons. The van der Waals surface area contributed by atoms with Crippen LogP contribution in [0.5, 0.6) is 0 Å². The minimum Gasteiger partial charge on any atom is -0.444 e. The van der Waals surface area contributed by atoms with E-state index in [0.29, 0.717) is 6.54 Å². The fourth-order valence-electron chi connectivity index (χ4n) is 2.73. The summed E-state index contributed by atoms with van der Waals surface area (Å²) in [6.45, 7) is 6.08. The van der Waals surface area contributed by atoms with Gasteiger partial charge in [-0.25, -0.2) is 14.8 Å². The molecule has 1 N–H and O–H groups in total. The Balaban J connectivity index is 1.71. The molecule has 0 aliphatic carbocycles. The van der Waals surface area contributed by atoms with Gasteiger partial charge in [-0.2, -0.15) is 0 Å². The third kappa shape index (κ3) is 4.39. The van der Waals surface area contributed by atoms with Gasteiger partial charge in [0.05, 0.1) is 0 Å². The number of carbonyl (C=O) groups excluding carboxylic acids is 1. The minimum absolute atomic E-state index is 0.393. The highest BCUT2D eigenvalue weighted by Crippen LogP contribution is 2.20. The highest BCUT2D eigenvalue weighted by atomic mass is 16.6. The SMILES string of the molecule is CC(C)(C)OC(=O)NCCCc1nc2cccnc2n1-c1ccccc1. The standard InChI is InChI=1S/C20H24N4O2/c1-20(2,3)26-19(25)22-14-8-12-17-23-16-11-7-13-21-18(16)24(17)15-9-5-4-6-10-15/h4-7,9-11,13H,8,12,14H2,1-3H3,(H,22,25). The number of hydrogen-bond donors (Lipinski definition) is 1. The Morgan fingerprint density at radius 1 is 1.15 bits per heavy atom. The Morgan fingerprint density at radius 3 is 2.65 bits per heavy atom. The van der Waals surface area contributed by atoms with E-state index in [-0.39, 0.29) is 0 Å². The third-order valence-corrected chi connectivity index (χ3v) is 3.75. The van der Waals surface area contributed by atoms with Crippen molar-refractivity contribution in [2.45, 2.75) is 39.2 Å². The van der Waals surface area contributed by atoms with Crippen molar-refractivity contribution >= 4 is 17.3 Å². The first-order chi connectivity index (χ1) is 12.4. The number of nitrogens with zero attached hydrogens (tertiary/aromatic N) is 3. The van der Waals surface area contributed by atoms with Crippen LogP contribution >= 0.6 is 0 Å². The monoisotopic (exact) mass is 352 g/mol.